The van der Waals surface area contributed by atoms with Crippen LogP contribution in [-0.2, 0) is 10.4 Å². The summed E-state index contributed by atoms with van der Waals surface area (Å²) in [5.74, 6) is -1.23. The summed E-state index contributed by atoms with van der Waals surface area (Å²) in [6.45, 7) is 0. The Morgan fingerprint density at radius 2 is 1.64 bits per heavy atom. The van der Waals surface area contributed by atoms with Gasteiger partial charge >= 0.3 is 0 Å². The Morgan fingerprint density at radius 3 is 2.50 bits per heavy atom. The second kappa shape index (κ2) is 4.29. The number of para-hydroxylation sites is 1. The average molecular weight is 292 g/mol. The number of aromatic nitrogens is 1. The molecule has 1 aliphatic rings. The number of hydrogen-bond acceptors (Lipinski definition) is 3. The highest BCUT2D eigenvalue weighted by molar-refractivity contribution is 6.14. The van der Waals surface area contributed by atoms with Crippen LogP contribution in [0.15, 0.2) is 54.7 Å². The Hall–Kier alpha value is -2.92. The molecule has 1 unspecified atom stereocenters. The van der Waals surface area contributed by atoms with Gasteiger partial charge < -0.3 is 10.1 Å². The smallest absolute Gasteiger partial charge is 0.268 e. The third-order valence-corrected chi connectivity index (χ3v) is 4.10. The van der Waals surface area contributed by atoms with Crippen molar-refractivity contribution in [3.8, 4) is 0 Å². The lowest BCUT2D eigenvalue weighted by Gasteiger charge is -2.32. The van der Waals surface area contributed by atoms with Crippen molar-refractivity contribution in [2.45, 2.75) is 5.60 Å². The zero-order valence-electron chi connectivity index (χ0n) is 11.5. The Kier molecular flexibility index (Phi) is 2.49. The van der Waals surface area contributed by atoms with Crippen LogP contribution in [-0.4, -0.2) is 21.9 Å². The third kappa shape index (κ3) is 1.51. The van der Waals surface area contributed by atoms with Gasteiger partial charge in [0.05, 0.1) is 0 Å². The molecule has 0 aliphatic carbocycles. The molecule has 0 bridgehead atoms. The molecule has 1 aromatic heterocycles. The van der Waals surface area contributed by atoms with E-state index in [2.05, 4.69) is 10.3 Å². The second-order valence-corrected chi connectivity index (χ2v) is 5.29. The molecule has 0 radical (unpaired) electrons. The number of benzene rings is 2. The van der Waals surface area contributed by atoms with Crippen molar-refractivity contribution >= 4 is 22.7 Å². The highest BCUT2D eigenvalue weighted by Crippen LogP contribution is 2.38. The first kappa shape index (κ1) is 12.8. The van der Waals surface area contributed by atoms with Crippen LogP contribution in [0.1, 0.15) is 21.5 Å². The van der Waals surface area contributed by atoms with Gasteiger partial charge in [-0.1, -0.05) is 36.4 Å². The van der Waals surface area contributed by atoms with Crippen LogP contribution in [0.2, 0.25) is 0 Å². The van der Waals surface area contributed by atoms with Crippen molar-refractivity contribution in [1.82, 2.24) is 10.3 Å². The molecule has 1 aliphatic heterocycles. The molecule has 0 saturated carbocycles. The monoisotopic (exact) mass is 292 g/mol. The molecular formula is C17H12N2O3. The lowest BCUT2D eigenvalue weighted by atomic mass is 9.80. The minimum Gasteiger partial charge on any atom is -0.372 e. The Morgan fingerprint density at radius 1 is 0.909 bits per heavy atom. The zero-order valence-corrected chi connectivity index (χ0v) is 11.5. The van der Waals surface area contributed by atoms with Crippen LogP contribution in [0, 0.1) is 0 Å². The van der Waals surface area contributed by atoms with E-state index in [0.29, 0.717) is 16.7 Å². The van der Waals surface area contributed by atoms with Gasteiger partial charge in [0.25, 0.3) is 11.8 Å². The maximum atomic E-state index is 12.4. The Labute approximate surface area is 125 Å². The molecule has 22 heavy (non-hydrogen) atoms. The molecule has 5 nitrogen and oxygen atoms in total. The van der Waals surface area contributed by atoms with Gasteiger partial charge in [0.1, 0.15) is 0 Å². The lowest BCUT2D eigenvalue weighted by molar-refractivity contribution is -0.136. The van der Waals surface area contributed by atoms with Gasteiger partial charge in [0.2, 0.25) is 0 Å². The molecule has 4 rings (SSSR count). The number of hydrogen-bond donors (Lipinski definition) is 3. The van der Waals surface area contributed by atoms with Crippen LogP contribution in [0.25, 0.3) is 10.9 Å². The number of carbonyl (C=O) groups excluding carboxylic acids is 2. The molecule has 2 heterocycles. The van der Waals surface area contributed by atoms with Crippen molar-refractivity contribution in [3.63, 3.8) is 0 Å². The summed E-state index contributed by atoms with van der Waals surface area (Å²) in [6.07, 6.45) is 1.61. The van der Waals surface area contributed by atoms with E-state index in [1.165, 1.54) is 0 Å². The summed E-state index contributed by atoms with van der Waals surface area (Å²) in [7, 11) is 0. The Bertz CT molecular complexity index is 928. The molecule has 108 valence electrons. The van der Waals surface area contributed by atoms with Crippen molar-refractivity contribution in [1.29, 1.82) is 0 Å². The summed E-state index contributed by atoms with van der Waals surface area (Å²) in [6, 6.07) is 14.0. The summed E-state index contributed by atoms with van der Waals surface area (Å²) in [5.41, 5.74) is -0.0542. The van der Waals surface area contributed by atoms with Crippen LogP contribution >= 0.6 is 0 Å². The normalized spacial score (nSPS) is 20.8. The molecule has 0 spiro atoms. The van der Waals surface area contributed by atoms with E-state index in [4.69, 9.17) is 0 Å². The minimum absolute atomic E-state index is 0.300. The van der Waals surface area contributed by atoms with Gasteiger partial charge in [-0.3, -0.25) is 14.9 Å². The van der Waals surface area contributed by atoms with E-state index in [0.717, 1.165) is 10.9 Å². The van der Waals surface area contributed by atoms with Crippen molar-refractivity contribution < 1.29 is 14.7 Å². The molecule has 3 aromatic rings. The van der Waals surface area contributed by atoms with Crippen molar-refractivity contribution in [2.75, 3.05) is 0 Å². The highest BCUT2D eigenvalue weighted by atomic mass is 16.3. The number of rotatable bonds is 1. The van der Waals surface area contributed by atoms with Gasteiger partial charge in [-0.25, -0.2) is 0 Å². The van der Waals surface area contributed by atoms with E-state index in [1.807, 2.05) is 24.3 Å². The second-order valence-electron chi connectivity index (χ2n) is 5.29. The zero-order chi connectivity index (χ0) is 15.3. The predicted molar refractivity (Wildman–Crippen MR) is 80.2 cm³/mol. The summed E-state index contributed by atoms with van der Waals surface area (Å²) < 4.78 is 0. The van der Waals surface area contributed by atoms with Gasteiger partial charge in [0, 0.05) is 33.8 Å². The van der Waals surface area contributed by atoms with E-state index in [-0.39, 0.29) is 0 Å². The van der Waals surface area contributed by atoms with E-state index < -0.39 is 17.4 Å². The van der Waals surface area contributed by atoms with Crippen LogP contribution in [0.4, 0.5) is 0 Å². The fourth-order valence-corrected chi connectivity index (χ4v) is 3.02. The summed E-state index contributed by atoms with van der Waals surface area (Å²) in [5, 5.41) is 14.2. The number of nitrogens with one attached hydrogen (secondary N) is 2. The standard InChI is InChI=1S/C17H12N2O3/c20-15-11-6-1-3-7-12(11)17(22,16(21)19-15)13-9-18-14-8-4-2-5-10(13)14/h1-9,18,22H,(H,19,20,21). The average Bonchev–Trinajstić information content (AvgIpc) is 2.97. The van der Waals surface area contributed by atoms with Gasteiger partial charge in [-0.05, 0) is 12.1 Å². The first-order valence-corrected chi connectivity index (χ1v) is 6.86. The topological polar surface area (TPSA) is 82.2 Å². The fourth-order valence-electron chi connectivity index (χ4n) is 3.02. The first-order valence-electron chi connectivity index (χ1n) is 6.86. The number of fused-ring (bicyclic) bond motifs is 2. The van der Waals surface area contributed by atoms with Crippen LogP contribution in [0.3, 0.4) is 0 Å². The predicted octanol–water partition coefficient (Wildman–Crippen LogP) is 1.67. The maximum absolute atomic E-state index is 12.4. The molecular weight excluding hydrogens is 280 g/mol. The molecule has 3 N–H and O–H groups in total. The van der Waals surface area contributed by atoms with Crippen molar-refractivity contribution in [3.05, 3.63) is 71.4 Å². The highest BCUT2D eigenvalue weighted by Gasteiger charge is 2.47. The van der Waals surface area contributed by atoms with Gasteiger partial charge in [0.15, 0.2) is 5.60 Å². The largest absolute Gasteiger partial charge is 0.372 e. The fraction of sp³-hybridized carbons (Fsp3) is 0.0588. The molecule has 2 aromatic carbocycles. The van der Waals surface area contributed by atoms with E-state index >= 15 is 0 Å². The lowest BCUT2D eigenvalue weighted by Crippen LogP contribution is -2.52. The Balaban J connectivity index is 2.06. The molecule has 1 atom stereocenters. The summed E-state index contributed by atoms with van der Waals surface area (Å²) >= 11 is 0. The SMILES string of the molecule is O=C1NC(=O)C(O)(c2c[nH]c3ccccc23)c2ccccc21. The maximum Gasteiger partial charge on any atom is 0.268 e. The molecule has 5 heteroatoms. The number of carbonyl (C=O) groups is 2. The quantitative estimate of drug-likeness (QED) is 0.597. The number of aliphatic hydroxyl groups is 1. The van der Waals surface area contributed by atoms with E-state index in [9.17, 15) is 14.7 Å². The van der Waals surface area contributed by atoms with Gasteiger partial charge in [-0.15, -0.1) is 0 Å². The third-order valence-electron chi connectivity index (χ3n) is 4.10. The molecule has 2 amide bonds. The number of H-pyrrole nitrogens is 1. The minimum atomic E-state index is -1.90. The first-order chi connectivity index (χ1) is 10.6. The van der Waals surface area contributed by atoms with Crippen LogP contribution < -0.4 is 5.32 Å². The number of amides is 2. The number of imide groups is 1. The number of aromatic amines is 1. The van der Waals surface area contributed by atoms with Gasteiger partial charge in [-0.2, -0.15) is 0 Å². The van der Waals surface area contributed by atoms with E-state index in [1.54, 1.807) is 30.5 Å². The summed E-state index contributed by atoms with van der Waals surface area (Å²) in [4.78, 5) is 27.4. The molecule has 0 fully saturated rings. The van der Waals surface area contributed by atoms with Crippen LogP contribution in [0.5, 0.6) is 0 Å². The van der Waals surface area contributed by atoms with Crippen molar-refractivity contribution in [2.24, 2.45) is 0 Å². The molecule has 0 saturated heterocycles.